The summed E-state index contributed by atoms with van der Waals surface area (Å²) in [6.07, 6.45) is 0.957. The van der Waals surface area contributed by atoms with E-state index in [1.54, 1.807) is 0 Å². The highest BCUT2D eigenvalue weighted by molar-refractivity contribution is 5.90. The first-order valence-electron chi connectivity index (χ1n) is 8.87. The average molecular weight is 350 g/mol. The third-order valence-corrected chi connectivity index (χ3v) is 6.26. The summed E-state index contributed by atoms with van der Waals surface area (Å²) >= 11 is 0. The maximum atomic E-state index is 11.9. The van der Waals surface area contributed by atoms with Crippen LogP contribution in [0.5, 0.6) is 0 Å². The summed E-state index contributed by atoms with van der Waals surface area (Å²) in [7, 11) is 0. The molecule has 1 heterocycles. The van der Waals surface area contributed by atoms with Crippen LogP contribution in [0.1, 0.15) is 47.0 Å². The van der Waals surface area contributed by atoms with E-state index in [1.165, 1.54) is 13.8 Å². The van der Waals surface area contributed by atoms with Crippen LogP contribution in [0.25, 0.3) is 0 Å². The second kappa shape index (κ2) is 6.15. The Labute approximate surface area is 147 Å². The van der Waals surface area contributed by atoms with Crippen LogP contribution in [-0.4, -0.2) is 36.2 Å². The van der Waals surface area contributed by atoms with Crippen LogP contribution in [0.3, 0.4) is 0 Å². The van der Waals surface area contributed by atoms with Crippen LogP contribution < -0.4 is 0 Å². The van der Waals surface area contributed by atoms with Crippen molar-refractivity contribution in [3.8, 4) is 0 Å². The van der Waals surface area contributed by atoms with E-state index in [4.69, 9.17) is 14.2 Å². The van der Waals surface area contributed by atoms with Crippen molar-refractivity contribution in [2.45, 2.75) is 65.3 Å². The zero-order chi connectivity index (χ0) is 18.5. The molecule has 0 amide bonds. The average Bonchev–Trinajstić information content (AvgIpc) is 2.82. The van der Waals surface area contributed by atoms with Gasteiger partial charge < -0.3 is 14.2 Å². The standard InChI is InChI=1S/C19H26O6/c1-9-6-14-13(10(2)18(22)25-14)8-19(5)16(24-12(4)21)7-15(17(9)19)23-11(3)20/h9,13-17H,2,6-8H2,1,3-5H3/t9-,13-,14-,15+,16+,17-,19-/m1/s1. The highest BCUT2D eigenvalue weighted by atomic mass is 16.6. The van der Waals surface area contributed by atoms with E-state index in [-0.39, 0.29) is 54.0 Å². The largest absolute Gasteiger partial charge is 0.462 e. The van der Waals surface area contributed by atoms with Gasteiger partial charge in [0.1, 0.15) is 18.3 Å². The molecule has 0 bridgehead atoms. The van der Waals surface area contributed by atoms with Crippen molar-refractivity contribution < 1.29 is 28.6 Å². The minimum Gasteiger partial charge on any atom is -0.462 e. The van der Waals surface area contributed by atoms with Gasteiger partial charge in [0, 0.05) is 43.1 Å². The molecule has 0 aromatic carbocycles. The SMILES string of the molecule is C=C1C(=O)O[C@@H]2C[C@@H](C)[C@@H]3[C@@H](OC(C)=O)C[C@H](OC(C)=O)[C@@]3(C)C[C@H]12. The molecule has 6 nitrogen and oxygen atoms in total. The Morgan fingerprint density at radius 2 is 1.84 bits per heavy atom. The van der Waals surface area contributed by atoms with Gasteiger partial charge in [0.25, 0.3) is 0 Å². The topological polar surface area (TPSA) is 78.9 Å². The lowest BCUT2D eigenvalue weighted by Gasteiger charge is -2.39. The lowest BCUT2D eigenvalue weighted by atomic mass is 9.69. The third-order valence-electron chi connectivity index (χ3n) is 6.26. The molecule has 0 radical (unpaired) electrons. The Bertz CT molecular complexity index is 625. The molecule has 138 valence electrons. The fourth-order valence-corrected chi connectivity index (χ4v) is 5.39. The molecule has 0 aromatic heterocycles. The van der Waals surface area contributed by atoms with Gasteiger partial charge in [-0.1, -0.05) is 20.4 Å². The molecule has 3 aliphatic rings. The molecule has 25 heavy (non-hydrogen) atoms. The van der Waals surface area contributed by atoms with Crippen LogP contribution in [0, 0.1) is 23.2 Å². The molecule has 3 rings (SSSR count). The van der Waals surface area contributed by atoms with Crippen molar-refractivity contribution >= 4 is 17.9 Å². The summed E-state index contributed by atoms with van der Waals surface area (Å²) in [5.74, 6) is -0.897. The predicted octanol–water partition coefficient (Wildman–Crippen LogP) is 2.40. The van der Waals surface area contributed by atoms with Crippen LogP contribution >= 0.6 is 0 Å². The van der Waals surface area contributed by atoms with E-state index >= 15 is 0 Å². The molecule has 0 spiro atoms. The number of carbonyl (C=O) groups is 3. The molecule has 0 aromatic rings. The fourth-order valence-electron chi connectivity index (χ4n) is 5.39. The first-order valence-corrected chi connectivity index (χ1v) is 8.87. The molecule has 2 saturated carbocycles. The summed E-state index contributed by atoms with van der Waals surface area (Å²) in [6, 6.07) is 0. The number of ether oxygens (including phenoxy) is 3. The second-order valence-corrected chi connectivity index (χ2v) is 8.01. The highest BCUT2D eigenvalue weighted by Gasteiger charge is 2.61. The summed E-state index contributed by atoms with van der Waals surface area (Å²) in [6.45, 7) is 10.9. The van der Waals surface area contributed by atoms with Crippen molar-refractivity contribution in [1.82, 2.24) is 0 Å². The summed E-state index contributed by atoms with van der Waals surface area (Å²) < 4.78 is 16.7. The molecule has 1 aliphatic heterocycles. The van der Waals surface area contributed by atoms with Crippen molar-refractivity contribution in [2.75, 3.05) is 0 Å². The molecule has 3 fully saturated rings. The van der Waals surface area contributed by atoms with E-state index in [2.05, 4.69) is 20.4 Å². The first kappa shape index (κ1) is 18.0. The molecular formula is C19H26O6. The van der Waals surface area contributed by atoms with E-state index in [9.17, 15) is 14.4 Å². The Balaban J connectivity index is 1.98. The molecule has 0 unspecified atom stereocenters. The van der Waals surface area contributed by atoms with Gasteiger partial charge in [-0.05, 0) is 18.8 Å². The van der Waals surface area contributed by atoms with Gasteiger partial charge in [0.15, 0.2) is 0 Å². The van der Waals surface area contributed by atoms with E-state index in [1.807, 2.05) is 0 Å². The molecule has 2 aliphatic carbocycles. The van der Waals surface area contributed by atoms with Crippen LogP contribution in [-0.2, 0) is 28.6 Å². The first-order chi connectivity index (χ1) is 11.6. The normalized spacial score (nSPS) is 42.9. The summed E-state index contributed by atoms with van der Waals surface area (Å²) in [5.41, 5.74) is 0.0956. The van der Waals surface area contributed by atoms with Gasteiger partial charge in [0.05, 0.1) is 0 Å². The maximum absolute atomic E-state index is 11.9. The van der Waals surface area contributed by atoms with Gasteiger partial charge in [-0.2, -0.15) is 0 Å². The zero-order valence-corrected chi connectivity index (χ0v) is 15.2. The summed E-state index contributed by atoms with van der Waals surface area (Å²) in [4.78, 5) is 35.2. The van der Waals surface area contributed by atoms with E-state index in [0.29, 0.717) is 24.8 Å². The maximum Gasteiger partial charge on any atom is 0.334 e. The zero-order valence-electron chi connectivity index (χ0n) is 15.2. The smallest absolute Gasteiger partial charge is 0.334 e. The number of esters is 3. The lowest BCUT2D eigenvalue weighted by molar-refractivity contribution is -0.153. The van der Waals surface area contributed by atoms with Gasteiger partial charge in [0.2, 0.25) is 0 Å². The number of fused-ring (bicyclic) bond motifs is 2. The third kappa shape index (κ3) is 2.96. The fraction of sp³-hybridized carbons (Fsp3) is 0.737. The van der Waals surface area contributed by atoms with Gasteiger partial charge in [-0.25, -0.2) is 4.79 Å². The van der Waals surface area contributed by atoms with Gasteiger partial charge >= 0.3 is 17.9 Å². The minimum absolute atomic E-state index is 0.0397. The van der Waals surface area contributed by atoms with Crippen LogP contribution in [0.15, 0.2) is 12.2 Å². The van der Waals surface area contributed by atoms with Gasteiger partial charge in [-0.3, -0.25) is 9.59 Å². The number of hydrogen-bond acceptors (Lipinski definition) is 6. The number of carbonyl (C=O) groups excluding carboxylic acids is 3. The lowest BCUT2D eigenvalue weighted by Crippen LogP contribution is -2.40. The van der Waals surface area contributed by atoms with E-state index < -0.39 is 5.41 Å². The van der Waals surface area contributed by atoms with E-state index in [0.717, 1.165) is 0 Å². The number of hydrogen-bond donors (Lipinski definition) is 0. The van der Waals surface area contributed by atoms with Crippen molar-refractivity contribution in [3.05, 3.63) is 12.2 Å². The van der Waals surface area contributed by atoms with Crippen molar-refractivity contribution in [1.29, 1.82) is 0 Å². The molecule has 1 saturated heterocycles. The second-order valence-electron chi connectivity index (χ2n) is 8.01. The molecular weight excluding hydrogens is 324 g/mol. The Morgan fingerprint density at radius 3 is 2.44 bits per heavy atom. The highest BCUT2D eigenvalue weighted by Crippen LogP contribution is 2.58. The Morgan fingerprint density at radius 1 is 1.20 bits per heavy atom. The van der Waals surface area contributed by atoms with Crippen molar-refractivity contribution in [2.24, 2.45) is 23.2 Å². The molecule has 0 N–H and O–H groups in total. The van der Waals surface area contributed by atoms with Gasteiger partial charge in [-0.15, -0.1) is 0 Å². The van der Waals surface area contributed by atoms with Crippen LogP contribution in [0.2, 0.25) is 0 Å². The monoisotopic (exact) mass is 350 g/mol. The molecule has 7 atom stereocenters. The quantitative estimate of drug-likeness (QED) is 0.432. The number of rotatable bonds is 2. The minimum atomic E-state index is -0.401. The predicted molar refractivity (Wildman–Crippen MR) is 88.2 cm³/mol. The van der Waals surface area contributed by atoms with Crippen molar-refractivity contribution in [3.63, 3.8) is 0 Å². The molecule has 6 heteroatoms. The van der Waals surface area contributed by atoms with Crippen LogP contribution in [0.4, 0.5) is 0 Å². The Kier molecular flexibility index (Phi) is 4.41. The summed E-state index contributed by atoms with van der Waals surface area (Å²) in [5, 5.41) is 0. The Hall–Kier alpha value is -1.85.